The van der Waals surface area contributed by atoms with Crippen LogP contribution >= 0.6 is 11.6 Å². The van der Waals surface area contributed by atoms with E-state index in [1.165, 1.54) is 12.1 Å². The molecule has 0 unspecified atom stereocenters. The van der Waals surface area contributed by atoms with Gasteiger partial charge in [0.15, 0.2) is 0 Å². The maximum Gasteiger partial charge on any atom is 0.270 e. The molecule has 0 heterocycles. The lowest BCUT2D eigenvalue weighted by Gasteiger charge is -2.22. The summed E-state index contributed by atoms with van der Waals surface area (Å²) in [6.07, 6.45) is 0. The lowest BCUT2D eigenvalue weighted by atomic mass is 10.1. The first kappa shape index (κ1) is 19.7. The van der Waals surface area contributed by atoms with E-state index in [1.807, 2.05) is 12.1 Å². The van der Waals surface area contributed by atoms with Crippen molar-refractivity contribution >= 4 is 34.6 Å². The molecule has 0 aliphatic heterocycles. The van der Waals surface area contributed by atoms with Gasteiger partial charge in [-0.15, -0.1) is 0 Å². The van der Waals surface area contributed by atoms with Gasteiger partial charge in [0.25, 0.3) is 11.6 Å². The molecule has 1 amide bonds. The number of nitro groups is 1. The summed E-state index contributed by atoms with van der Waals surface area (Å²) in [7, 11) is 0. The second-order valence-corrected chi connectivity index (χ2v) is 6.00. The monoisotopic (exact) mass is 376 g/mol. The molecule has 26 heavy (non-hydrogen) atoms. The number of nitrogens with one attached hydrogen (secondary N) is 1. The molecule has 0 aromatic heterocycles. The molecule has 0 spiro atoms. The Balaban J connectivity index is 2.32. The average Bonchev–Trinajstić information content (AvgIpc) is 2.63. The third-order valence-electron chi connectivity index (χ3n) is 4.09. The Morgan fingerprint density at radius 2 is 1.92 bits per heavy atom. The quantitative estimate of drug-likeness (QED) is 0.565. The number of non-ortho nitro benzene ring substituents is 1. The maximum absolute atomic E-state index is 12.5. The Labute approximate surface area is 156 Å². The first-order valence-corrected chi connectivity index (χ1v) is 8.62. The summed E-state index contributed by atoms with van der Waals surface area (Å²) >= 11 is 6.03. The lowest BCUT2D eigenvalue weighted by molar-refractivity contribution is -0.384. The van der Waals surface area contributed by atoms with E-state index in [9.17, 15) is 14.9 Å². The zero-order valence-corrected chi connectivity index (χ0v) is 15.4. The lowest BCUT2D eigenvalue weighted by Crippen LogP contribution is -2.22. The van der Waals surface area contributed by atoms with Crippen molar-refractivity contribution in [3.8, 4) is 0 Å². The Bertz CT molecular complexity index is 822. The van der Waals surface area contributed by atoms with Crippen LogP contribution in [0.25, 0.3) is 0 Å². The molecule has 0 saturated heterocycles. The number of nitro benzene ring substituents is 1. The highest BCUT2D eigenvalue weighted by Crippen LogP contribution is 2.26. The van der Waals surface area contributed by atoms with Gasteiger partial charge in [0.1, 0.15) is 0 Å². The van der Waals surface area contributed by atoms with Crippen LogP contribution in [-0.2, 0) is 6.54 Å². The fraction of sp³-hybridized carbons (Fsp3) is 0.278. The number of halogens is 1. The van der Waals surface area contributed by atoms with Crippen LogP contribution in [0.4, 0.5) is 17.1 Å². The van der Waals surface area contributed by atoms with Crippen molar-refractivity contribution in [2.24, 2.45) is 5.73 Å². The molecule has 0 fully saturated rings. The zero-order chi connectivity index (χ0) is 19.3. The molecule has 2 rings (SSSR count). The Morgan fingerprint density at radius 3 is 2.50 bits per heavy atom. The minimum atomic E-state index is -0.572. The molecule has 0 saturated carbocycles. The highest BCUT2D eigenvalue weighted by atomic mass is 35.5. The van der Waals surface area contributed by atoms with Gasteiger partial charge < -0.3 is 16.0 Å². The van der Waals surface area contributed by atoms with Crippen LogP contribution < -0.4 is 16.0 Å². The minimum absolute atomic E-state index is 0.0386. The normalized spacial score (nSPS) is 10.5. The van der Waals surface area contributed by atoms with Crippen LogP contribution in [0.1, 0.15) is 29.8 Å². The van der Waals surface area contributed by atoms with Crippen LogP contribution in [0.3, 0.4) is 0 Å². The van der Waals surface area contributed by atoms with Crippen molar-refractivity contribution < 1.29 is 9.72 Å². The highest BCUT2D eigenvalue weighted by molar-refractivity contribution is 6.34. The molecule has 7 nitrogen and oxygen atoms in total. The van der Waals surface area contributed by atoms with Crippen molar-refractivity contribution in [2.75, 3.05) is 23.3 Å². The van der Waals surface area contributed by atoms with E-state index in [0.29, 0.717) is 5.69 Å². The Kier molecular flexibility index (Phi) is 6.54. The first-order chi connectivity index (χ1) is 12.4. The summed E-state index contributed by atoms with van der Waals surface area (Å²) in [5.41, 5.74) is 8.00. The van der Waals surface area contributed by atoms with Crippen LogP contribution in [0.5, 0.6) is 0 Å². The van der Waals surface area contributed by atoms with Gasteiger partial charge in [0.05, 0.1) is 15.5 Å². The topological polar surface area (TPSA) is 102 Å². The van der Waals surface area contributed by atoms with Gasteiger partial charge in [-0.1, -0.05) is 11.6 Å². The highest BCUT2D eigenvalue weighted by Gasteiger charge is 2.17. The van der Waals surface area contributed by atoms with Crippen LogP contribution in [0.15, 0.2) is 36.4 Å². The molecule has 0 aliphatic carbocycles. The van der Waals surface area contributed by atoms with Crippen LogP contribution in [0, 0.1) is 10.1 Å². The van der Waals surface area contributed by atoms with E-state index in [4.69, 9.17) is 17.3 Å². The molecule has 0 radical (unpaired) electrons. The minimum Gasteiger partial charge on any atom is -0.372 e. The standard InChI is InChI=1S/C18H21ClN4O3/c1-3-22(4-2)13-6-8-17(12(9-13)11-20)21-18(24)15-10-14(23(25)26)5-7-16(15)19/h5-10H,3-4,11,20H2,1-2H3,(H,21,24). The smallest absolute Gasteiger partial charge is 0.270 e. The second-order valence-electron chi connectivity index (χ2n) is 5.59. The van der Waals surface area contributed by atoms with Gasteiger partial charge >= 0.3 is 0 Å². The molecule has 2 aromatic rings. The molecule has 2 aromatic carbocycles. The van der Waals surface area contributed by atoms with Gasteiger partial charge in [0.2, 0.25) is 0 Å². The SMILES string of the molecule is CCN(CC)c1ccc(NC(=O)c2cc([N+](=O)[O-])ccc2Cl)c(CN)c1. The fourth-order valence-electron chi connectivity index (χ4n) is 2.65. The molecular formula is C18H21ClN4O3. The van der Waals surface area contributed by atoms with Crippen molar-refractivity contribution in [3.63, 3.8) is 0 Å². The van der Waals surface area contributed by atoms with E-state index in [2.05, 4.69) is 24.1 Å². The van der Waals surface area contributed by atoms with Crippen molar-refractivity contribution in [1.29, 1.82) is 0 Å². The maximum atomic E-state index is 12.5. The fourth-order valence-corrected chi connectivity index (χ4v) is 2.85. The number of carbonyl (C=O) groups excluding carboxylic acids is 1. The van der Waals surface area contributed by atoms with Crippen molar-refractivity contribution in [2.45, 2.75) is 20.4 Å². The second kappa shape index (κ2) is 8.64. The molecule has 138 valence electrons. The van der Waals surface area contributed by atoms with Gasteiger partial charge in [0, 0.05) is 43.1 Å². The summed E-state index contributed by atoms with van der Waals surface area (Å²) in [4.78, 5) is 25.0. The third kappa shape index (κ3) is 4.30. The summed E-state index contributed by atoms with van der Waals surface area (Å²) in [5.74, 6) is -0.524. The van der Waals surface area contributed by atoms with Crippen molar-refractivity contribution in [3.05, 3.63) is 62.7 Å². The number of hydrogen-bond donors (Lipinski definition) is 2. The van der Waals surface area contributed by atoms with Crippen LogP contribution in [0.2, 0.25) is 5.02 Å². The van der Waals surface area contributed by atoms with Gasteiger partial charge in [-0.3, -0.25) is 14.9 Å². The average molecular weight is 377 g/mol. The molecular weight excluding hydrogens is 356 g/mol. The molecule has 0 atom stereocenters. The number of nitrogens with two attached hydrogens (primary N) is 1. The van der Waals surface area contributed by atoms with E-state index < -0.39 is 10.8 Å². The number of carbonyl (C=O) groups is 1. The van der Waals surface area contributed by atoms with Gasteiger partial charge in [-0.2, -0.15) is 0 Å². The first-order valence-electron chi connectivity index (χ1n) is 8.24. The Hall–Kier alpha value is -2.64. The van der Waals surface area contributed by atoms with Crippen LogP contribution in [-0.4, -0.2) is 23.9 Å². The predicted molar refractivity (Wildman–Crippen MR) is 104 cm³/mol. The number of benzene rings is 2. The molecule has 3 N–H and O–H groups in total. The zero-order valence-electron chi connectivity index (χ0n) is 14.7. The number of amides is 1. The van der Waals surface area contributed by atoms with E-state index >= 15 is 0 Å². The number of hydrogen-bond acceptors (Lipinski definition) is 5. The van der Waals surface area contributed by atoms with Gasteiger partial charge in [-0.05, 0) is 43.7 Å². The molecule has 0 aliphatic rings. The predicted octanol–water partition coefficient (Wildman–Crippen LogP) is 3.81. The summed E-state index contributed by atoms with van der Waals surface area (Å²) < 4.78 is 0. The van der Waals surface area contributed by atoms with Crippen molar-refractivity contribution in [1.82, 2.24) is 0 Å². The van der Waals surface area contributed by atoms with E-state index in [1.54, 1.807) is 6.07 Å². The number of nitrogens with zero attached hydrogens (tertiary/aromatic N) is 2. The summed E-state index contributed by atoms with van der Waals surface area (Å²) in [5, 5.41) is 13.8. The molecule has 8 heteroatoms. The number of rotatable bonds is 7. The summed E-state index contributed by atoms with van der Waals surface area (Å²) in [6.45, 7) is 6.08. The number of anilines is 2. The third-order valence-corrected chi connectivity index (χ3v) is 4.42. The van der Waals surface area contributed by atoms with Gasteiger partial charge in [-0.25, -0.2) is 0 Å². The Morgan fingerprint density at radius 1 is 1.23 bits per heavy atom. The van der Waals surface area contributed by atoms with E-state index in [0.717, 1.165) is 30.4 Å². The largest absolute Gasteiger partial charge is 0.372 e. The van der Waals surface area contributed by atoms with E-state index in [-0.39, 0.29) is 22.8 Å². The molecule has 0 bridgehead atoms. The summed E-state index contributed by atoms with van der Waals surface area (Å²) in [6, 6.07) is 9.35.